The van der Waals surface area contributed by atoms with E-state index in [4.69, 9.17) is 4.74 Å². The fraction of sp³-hybridized carbons (Fsp3) is 0.467. The molecule has 1 aromatic carbocycles. The van der Waals surface area contributed by atoms with E-state index in [1.165, 1.54) is 24.1 Å². The first kappa shape index (κ1) is 18.8. The van der Waals surface area contributed by atoms with Crippen molar-refractivity contribution in [3.63, 3.8) is 0 Å². The quantitative estimate of drug-likeness (QED) is 0.424. The molecule has 1 saturated heterocycles. The zero-order valence-corrected chi connectivity index (χ0v) is 14.6. The van der Waals surface area contributed by atoms with Crippen molar-refractivity contribution in [3.8, 4) is 0 Å². The van der Waals surface area contributed by atoms with E-state index in [1.54, 1.807) is 6.92 Å². The monoisotopic (exact) mass is 370 g/mol. The number of ether oxygens (including phenoxy) is 1. The number of carbonyl (C=O) groups excluding carboxylic acids is 2. The van der Waals surface area contributed by atoms with Crippen LogP contribution in [0.5, 0.6) is 0 Å². The fourth-order valence-electron chi connectivity index (χ4n) is 2.53. The van der Waals surface area contributed by atoms with Crippen molar-refractivity contribution >= 4 is 27.4 Å². The van der Waals surface area contributed by atoms with Crippen LogP contribution < -0.4 is 0 Å². The Labute approximate surface area is 144 Å². The Morgan fingerprint density at radius 1 is 1.40 bits per heavy atom. The fourth-order valence-corrected chi connectivity index (χ4v) is 4.30. The van der Waals surface area contributed by atoms with Gasteiger partial charge in [0.05, 0.1) is 22.0 Å². The number of hydrogen-bond donors (Lipinski definition) is 0. The average Bonchev–Trinajstić information content (AvgIpc) is 2.91. The highest BCUT2D eigenvalue weighted by Crippen LogP contribution is 2.20. The number of benzene rings is 1. The molecule has 1 aliphatic rings. The molecule has 0 aromatic heterocycles. The first-order valence-electron chi connectivity index (χ1n) is 7.49. The van der Waals surface area contributed by atoms with Crippen molar-refractivity contribution in [1.82, 2.24) is 4.90 Å². The second kappa shape index (κ2) is 7.18. The molecule has 1 fully saturated rings. The Bertz CT molecular complexity index is 819. The van der Waals surface area contributed by atoms with Crippen molar-refractivity contribution in [3.05, 3.63) is 39.4 Å². The van der Waals surface area contributed by atoms with Crippen LogP contribution in [0.15, 0.2) is 18.2 Å². The van der Waals surface area contributed by atoms with Crippen LogP contribution in [0.25, 0.3) is 0 Å². The highest BCUT2D eigenvalue weighted by molar-refractivity contribution is 7.91. The van der Waals surface area contributed by atoms with E-state index in [2.05, 4.69) is 0 Å². The molecular weight excluding hydrogens is 352 g/mol. The molecule has 0 saturated carbocycles. The van der Waals surface area contributed by atoms with Crippen molar-refractivity contribution < 1.29 is 27.7 Å². The predicted octanol–water partition coefficient (Wildman–Crippen LogP) is 0.706. The number of sulfone groups is 1. The van der Waals surface area contributed by atoms with Crippen molar-refractivity contribution in [1.29, 1.82) is 0 Å². The van der Waals surface area contributed by atoms with Gasteiger partial charge in [-0.1, -0.05) is 6.07 Å². The van der Waals surface area contributed by atoms with Crippen LogP contribution in [-0.4, -0.2) is 61.3 Å². The maximum Gasteiger partial charge on any atom is 0.338 e. The molecule has 2 rings (SSSR count). The number of esters is 1. The minimum atomic E-state index is -3.13. The van der Waals surface area contributed by atoms with Gasteiger partial charge < -0.3 is 9.64 Å². The summed E-state index contributed by atoms with van der Waals surface area (Å²) >= 11 is 0. The van der Waals surface area contributed by atoms with Crippen molar-refractivity contribution in [2.45, 2.75) is 19.4 Å². The van der Waals surface area contributed by atoms with Gasteiger partial charge in [0.25, 0.3) is 11.6 Å². The second-order valence-electron chi connectivity index (χ2n) is 5.90. The van der Waals surface area contributed by atoms with Crippen LogP contribution in [-0.2, 0) is 19.4 Å². The van der Waals surface area contributed by atoms with Crippen LogP contribution in [0, 0.1) is 17.0 Å². The molecule has 25 heavy (non-hydrogen) atoms. The lowest BCUT2D eigenvalue weighted by Crippen LogP contribution is -2.40. The number of likely N-dealkylation sites (N-methyl/N-ethyl adjacent to an activating group) is 1. The summed E-state index contributed by atoms with van der Waals surface area (Å²) in [5, 5.41) is 10.9. The predicted molar refractivity (Wildman–Crippen MR) is 87.9 cm³/mol. The van der Waals surface area contributed by atoms with Gasteiger partial charge in [-0.05, 0) is 19.4 Å². The van der Waals surface area contributed by atoms with Crippen LogP contribution >= 0.6 is 0 Å². The SMILES string of the molecule is Cc1ccc(C(=O)OCC(=O)N(C)[C@H]2CCS(=O)(=O)C2)cc1[N+](=O)[O-]. The number of carbonyl (C=O) groups is 2. The maximum atomic E-state index is 12.1. The van der Waals surface area contributed by atoms with Gasteiger partial charge in [-0.25, -0.2) is 13.2 Å². The van der Waals surface area contributed by atoms with E-state index in [0.717, 1.165) is 6.07 Å². The lowest BCUT2D eigenvalue weighted by molar-refractivity contribution is -0.385. The number of rotatable bonds is 5. The molecule has 0 N–H and O–H groups in total. The molecule has 0 unspecified atom stereocenters. The zero-order chi connectivity index (χ0) is 18.8. The van der Waals surface area contributed by atoms with Crippen LogP contribution in [0.2, 0.25) is 0 Å². The third-order valence-electron chi connectivity index (χ3n) is 4.12. The van der Waals surface area contributed by atoms with E-state index in [-0.39, 0.29) is 22.8 Å². The van der Waals surface area contributed by atoms with Gasteiger partial charge in [0, 0.05) is 24.7 Å². The van der Waals surface area contributed by atoms with E-state index in [9.17, 15) is 28.1 Å². The van der Waals surface area contributed by atoms with Crippen LogP contribution in [0.1, 0.15) is 22.3 Å². The standard InChI is InChI=1S/C15H18N2O7S/c1-10-3-4-11(7-13(10)17(20)21)15(19)24-8-14(18)16(2)12-5-6-25(22,23)9-12/h3-4,7,12H,5-6,8-9H2,1-2H3/t12-/m0/s1. The van der Waals surface area contributed by atoms with Gasteiger partial charge in [-0.2, -0.15) is 0 Å². The lowest BCUT2D eigenvalue weighted by Gasteiger charge is -2.23. The minimum Gasteiger partial charge on any atom is -0.452 e. The van der Waals surface area contributed by atoms with E-state index >= 15 is 0 Å². The Kier molecular flexibility index (Phi) is 5.41. The summed E-state index contributed by atoms with van der Waals surface area (Å²) in [6, 6.07) is 3.46. The number of aryl methyl sites for hydroxylation is 1. The average molecular weight is 370 g/mol. The molecule has 0 radical (unpaired) electrons. The Morgan fingerprint density at radius 3 is 2.64 bits per heavy atom. The van der Waals surface area contributed by atoms with E-state index in [0.29, 0.717) is 12.0 Å². The molecular formula is C15H18N2O7S. The smallest absolute Gasteiger partial charge is 0.338 e. The summed E-state index contributed by atoms with van der Waals surface area (Å²) in [6.07, 6.45) is 0.350. The first-order valence-corrected chi connectivity index (χ1v) is 9.31. The number of nitro benzene ring substituents is 1. The van der Waals surface area contributed by atoms with Crippen molar-refractivity contribution in [2.75, 3.05) is 25.2 Å². The molecule has 0 spiro atoms. The summed E-state index contributed by atoms with van der Waals surface area (Å²) in [5.74, 6) is -1.46. The molecule has 136 valence electrons. The second-order valence-corrected chi connectivity index (χ2v) is 8.12. The van der Waals surface area contributed by atoms with Gasteiger partial charge in [0.2, 0.25) is 0 Å². The highest BCUT2D eigenvalue weighted by Gasteiger charge is 2.33. The number of hydrogen-bond acceptors (Lipinski definition) is 7. The molecule has 1 amide bonds. The van der Waals surface area contributed by atoms with Gasteiger partial charge in [-0.15, -0.1) is 0 Å². The number of nitrogens with zero attached hydrogens (tertiary/aromatic N) is 2. The molecule has 1 aliphatic heterocycles. The van der Waals surface area contributed by atoms with E-state index in [1.807, 2.05) is 0 Å². The molecule has 10 heteroatoms. The third-order valence-corrected chi connectivity index (χ3v) is 5.87. The van der Waals surface area contributed by atoms with Gasteiger partial charge >= 0.3 is 5.97 Å². The van der Waals surface area contributed by atoms with E-state index < -0.39 is 39.3 Å². The molecule has 1 heterocycles. The maximum absolute atomic E-state index is 12.1. The highest BCUT2D eigenvalue weighted by atomic mass is 32.2. The van der Waals surface area contributed by atoms with Gasteiger partial charge in [0.1, 0.15) is 0 Å². The Hall–Kier alpha value is -2.49. The van der Waals surface area contributed by atoms with Gasteiger partial charge in [-0.3, -0.25) is 14.9 Å². The topological polar surface area (TPSA) is 124 Å². The third kappa shape index (κ3) is 4.53. The minimum absolute atomic E-state index is 0.0299. The summed E-state index contributed by atoms with van der Waals surface area (Å²) in [4.78, 5) is 35.6. The molecule has 9 nitrogen and oxygen atoms in total. The van der Waals surface area contributed by atoms with Crippen LogP contribution in [0.4, 0.5) is 5.69 Å². The number of nitro groups is 1. The molecule has 1 aromatic rings. The summed E-state index contributed by atoms with van der Waals surface area (Å²) in [6.45, 7) is 0.981. The summed E-state index contributed by atoms with van der Waals surface area (Å²) < 4.78 is 27.8. The Balaban J connectivity index is 1.97. The first-order chi connectivity index (χ1) is 11.6. The normalized spacial score (nSPS) is 18.6. The summed E-state index contributed by atoms with van der Waals surface area (Å²) in [7, 11) is -1.67. The molecule has 0 bridgehead atoms. The van der Waals surface area contributed by atoms with Crippen LogP contribution in [0.3, 0.4) is 0 Å². The number of amides is 1. The molecule has 0 aliphatic carbocycles. The van der Waals surface area contributed by atoms with Gasteiger partial charge in [0.15, 0.2) is 16.4 Å². The lowest BCUT2D eigenvalue weighted by atomic mass is 10.1. The largest absolute Gasteiger partial charge is 0.452 e. The summed E-state index contributed by atoms with van der Waals surface area (Å²) in [5.41, 5.74) is 0.157. The molecule has 1 atom stereocenters. The zero-order valence-electron chi connectivity index (χ0n) is 13.8. The van der Waals surface area contributed by atoms with Crippen molar-refractivity contribution in [2.24, 2.45) is 0 Å². The Morgan fingerprint density at radius 2 is 2.08 bits per heavy atom.